The number of benzene rings is 1. The number of aliphatic hydroxyl groups excluding tert-OH is 1. The third kappa shape index (κ3) is 3.01. The maximum atomic E-state index is 9.25. The van der Waals surface area contributed by atoms with Gasteiger partial charge in [0.25, 0.3) is 0 Å². The standard InChI is InChI=1S/C11H17NO2/c1-8(13)11(12)7-9-4-3-5-10(6-9)14-2/h3-6,8,11,13H,7,12H2,1-2H3. The second-order valence-electron chi connectivity index (χ2n) is 3.46. The highest BCUT2D eigenvalue weighted by Gasteiger charge is 2.09. The highest BCUT2D eigenvalue weighted by molar-refractivity contribution is 5.28. The van der Waals surface area contributed by atoms with Crippen LogP contribution in [0.4, 0.5) is 0 Å². The normalized spacial score (nSPS) is 14.9. The molecule has 14 heavy (non-hydrogen) atoms. The van der Waals surface area contributed by atoms with Gasteiger partial charge in [0.15, 0.2) is 0 Å². The largest absolute Gasteiger partial charge is 0.497 e. The molecule has 0 aliphatic heterocycles. The zero-order chi connectivity index (χ0) is 10.6. The van der Waals surface area contributed by atoms with E-state index in [2.05, 4.69) is 0 Å². The van der Waals surface area contributed by atoms with Gasteiger partial charge in [0, 0.05) is 6.04 Å². The number of aliphatic hydroxyl groups is 1. The minimum absolute atomic E-state index is 0.220. The maximum absolute atomic E-state index is 9.25. The molecule has 3 nitrogen and oxygen atoms in total. The summed E-state index contributed by atoms with van der Waals surface area (Å²) in [6, 6.07) is 7.50. The first-order valence-corrected chi connectivity index (χ1v) is 4.70. The summed E-state index contributed by atoms with van der Waals surface area (Å²) in [6.45, 7) is 1.70. The molecule has 0 aromatic heterocycles. The van der Waals surface area contributed by atoms with E-state index in [1.165, 1.54) is 0 Å². The predicted octanol–water partition coefficient (Wildman–Crippen LogP) is 0.946. The number of ether oxygens (including phenoxy) is 1. The van der Waals surface area contributed by atoms with Crippen LogP contribution >= 0.6 is 0 Å². The lowest BCUT2D eigenvalue weighted by atomic mass is 10.0. The molecule has 2 atom stereocenters. The molecule has 0 aliphatic carbocycles. The van der Waals surface area contributed by atoms with Gasteiger partial charge in [0.1, 0.15) is 5.75 Å². The van der Waals surface area contributed by atoms with Gasteiger partial charge in [-0.2, -0.15) is 0 Å². The number of methoxy groups -OCH3 is 1. The number of hydrogen-bond acceptors (Lipinski definition) is 3. The average molecular weight is 195 g/mol. The Morgan fingerprint density at radius 3 is 2.79 bits per heavy atom. The van der Waals surface area contributed by atoms with E-state index in [1.807, 2.05) is 24.3 Å². The fourth-order valence-corrected chi connectivity index (χ4v) is 1.24. The number of rotatable bonds is 4. The van der Waals surface area contributed by atoms with Crippen molar-refractivity contribution in [2.75, 3.05) is 7.11 Å². The van der Waals surface area contributed by atoms with Crippen molar-refractivity contribution in [3.8, 4) is 5.75 Å². The van der Waals surface area contributed by atoms with Crippen LogP contribution in [-0.2, 0) is 6.42 Å². The first kappa shape index (κ1) is 11.0. The zero-order valence-corrected chi connectivity index (χ0v) is 8.60. The van der Waals surface area contributed by atoms with Gasteiger partial charge in [-0.05, 0) is 31.0 Å². The summed E-state index contributed by atoms with van der Waals surface area (Å²) in [6.07, 6.45) is 0.177. The zero-order valence-electron chi connectivity index (χ0n) is 8.60. The average Bonchev–Trinajstić information content (AvgIpc) is 2.18. The van der Waals surface area contributed by atoms with E-state index in [0.29, 0.717) is 6.42 Å². The molecule has 0 spiro atoms. The lowest BCUT2D eigenvalue weighted by Gasteiger charge is -2.14. The van der Waals surface area contributed by atoms with Crippen molar-refractivity contribution >= 4 is 0 Å². The Morgan fingerprint density at radius 2 is 2.21 bits per heavy atom. The van der Waals surface area contributed by atoms with Crippen LogP contribution in [0.5, 0.6) is 5.75 Å². The topological polar surface area (TPSA) is 55.5 Å². The number of nitrogens with two attached hydrogens (primary N) is 1. The molecular formula is C11H17NO2. The van der Waals surface area contributed by atoms with Crippen molar-refractivity contribution in [2.24, 2.45) is 5.73 Å². The molecule has 0 radical (unpaired) electrons. The van der Waals surface area contributed by atoms with Crippen LogP contribution in [0.2, 0.25) is 0 Å². The maximum Gasteiger partial charge on any atom is 0.119 e. The Bertz CT molecular complexity index is 286. The molecule has 0 saturated heterocycles. The van der Waals surface area contributed by atoms with E-state index >= 15 is 0 Å². The molecule has 0 bridgehead atoms. The molecular weight excluding hydrogens is 178 g/mol. The molecule has 2 unspecified atom stereocenters. The molecule has 0 fully saturated rings. The van der Waals surface area contributed by atoms with Gasteiger partial charge in [-0.1, -0.05) is 12.1 Å². The fourth-order valence-electron chi connectivity index (χ4n) is 1.24. The first-order valence-electron chi connectivity index (χ1n) is 4.70. The van der Waals surface area contributed by atoms with Gasteiger partial charge in [-0.25, -0.2) is 0 Å². The van der Waals surface area contributed by atoms with Crippen molar-refractivity contribution in [3.63, 3.8) is 0 Å². The monoisotopic (exact) mass is 195 g/mol. The van der Waals surface area contributed by atoms with Crippen LogP contribution in [0.25, 0.3) is 0 Å². The minimum atomic E-state index is -0.485. The lowest BCUT2D eigenvalue weighted by Crippen LogP contribution is -2.34. The molecule has 0 heterocycles. The fraction of sp³-hybridized carbons (Fsp3) is 0.455. The molecule has 0 saturated carbocycles. The number of hydrogen-bond donors (Lipinski definition) is 2. The Labute approximate surface area is 84.5 Å². The van der Waals surface area contributed by atoms with Crippen molar-refractivity contribution in [1.29, 1.82) is 0 Å². The predicted molar refractivity (Wildman–Crippen MR) is 56.4 cm³/mol. The van der Waals surface area contributed by atoms with Crippen molar-refractivity contribution < 1.29 is 9.84 Å². The van der Waals surface area contributed by atoms with Gasteiger partial charge < -0.3 is 15.6 Å². The SMILES string of the molecule is COc1cccc(CC(N)C(C)O)c1. The molecule has 1 rings (SSSR count). The summed E-state index contributed by atoms with van der Waals surface area (Å²) in [5.41, 5.74) is 6.83. The Kier molecular flexibility index (Phi) is 3.92. The van der Waals surface area contributed by atoms with E-state index in [4.69, 9.17) is 10.5 Å². The van der Waals surface area contributed by atoms with Gasteiger partial charge in [-0.15, -0.1) is 0 Å². The Hall–Kier alpha value is -1.06. The van der Waals surface area contributed by atoms with E-state index < -0.39 is 6.10 Å². The van der Waals surface area contributed by atoms with Crippen LogP contribution in [0.1, 0.15) is 12.5 Å². The smallest absolute Gasteiger partial charge is 0.119 e. The highest BCUT2D eigenvalue weighted by Crippen LogP contribution is 2.14. The Morgan fingerprint density at radius 1 is 1.50 bits per heavy atom. The van der Waals surface area contributed by atoms with Crippen LogP contribution in [0.3, 0.4) is 0 Å². The molecule has 78 valence electrons. The van der Waals surface area contributed by atoms with Gasteiger partial charge >= 0.3 is 0 Å². The second kappa shape index (κ2) is 4.98. The minimum Gasteiger partial charge on any atom is -0.497 e. The van der Waals surface area contributed by atoms with Crippen LogP contribution in [0.15, 0.2) is 24.3 Å². The Balaban J connectivity index is 2.66. The highest BCUT2D eigenvalue weighted by atomic mass is 16.5. The molecule has 1 aromatic rings. The summed E-state index contributed by atoms with van der Waals surface area (Å²) in [5, 5.41) is 9.25. The quantitative estimate of drug-likeness (QED) is 0.752. The lowest BCUT2D eigenvalue weighted by molar-refractivity contribution is 0.163. The third-order valence-corrected chi connectivity index (χ3v) is 2.23. The van der Waals surface area contributed by atoms with Crippen molar-refractivity contribution in [1.82, 2.24) is 0 Å². The van der Waals surface area contributed by atoms with Crippen molar-refractivity contribution in [2.45, 2.75) is 25.5 Å². The molecule has 1 aromatic carbocycles. The van der Waals surface area contributed by atoms with Crippen LogP contribution in [0, 0.1) is 0 Å². The second-order valence-corrected chi connectivity index (χ2v) is 3.46. The molecule has 3 N–H and O–H groups in total. The molecule has 0 amide bonds. The van der Waals surface area contributed by atoms with E-state index in [-0.39, 0.29) is 6.04 Å². The van der Waals surface area contributed by atoms with Crippen LogP contribution < -0.4 is 10.5 Å². The summed E-state index contributed by atoms with van der Waals surface area (Å²) in [7, 11) is 1.63. The third-order valence-electron chi connectivity index (χ3n) is 2.23. The van der Waals surface area contributed by atoms with Crippen LogP contribution in [-0.4, -0.2) is 24.4 Å². The molecule has 0 aliphatic rings. The van der Waals surface area contributed by atoms with E-state index in [1.54, 1.807) is 14.0 Å². The van der Waals surface area contributed by atoms with Gasteiger partial charge in [0.2, 0.25) is 0 Å². The summed E-state index contributed by atoms with van der Waals surface area (Å²) in [4.78, 5) is 0. The van der Waals surface area contributed by atoms with E-state index in [0.717, 1.165) is 11.3 Å². The molecule has 3 heteroatoms. The van der Waals surface area contributed by atoms with Crippen molar-refractivity contribution in [3.05, 3.63) is 29.8 Å². The van der Waals surface area contributed by atoms with Gasteiger partial charge in [0.05, 0.1) is 13.2 Å². The first-order chi connectivity index (χ1) is 6.63. The summed E-state index contributed by atoms with van der Waals surface area (Å²) < 4.78 is 5.09. The summed E-state index contributed by atoms with van der Waals surface area (Å²) in [5.74, 6) is 0.820. The summed E-state index contributed by atoms with van der Waals surface area (Å²) >= 11 is 0. The van der Waals surface area contributed by atoms with E-state index in [9.17, 15) is 5.11 Å². The van der Waals surface area contributed by atoms with Gasteiger partial charge in [-0.3, -0.25) is 0 Å².